The van der Waals surface area contributed by atoms with E-state index in [1.165, 1.54) is 5.56 Å². The minimum atomic E-state index is -0.417. The molecule has 1 heterocycles. The maximum absolute atomic E-state index is 12.6. The number of carbonyl (C=O) groups is 1. The van der Waals surface area contributed by atoms with Gasteiger partial charge in [-0.1, -0.05) is 48.9 Å². The molecule has 0 radical (unpaired) electrons. The van der Waals surface area contributed by atoms with Gasteiger partial charge in [-0.25, -0.2) is 4.68 Å². The normalized spacial score (nSPS) is 12.3. The molecule has 0 bridgehead atoms. The van der Waals surface area contributed by atoms with Crippen LogP contribution in [0.4, 0.5) is 0 Å². The van der Waals surface area contributed by atoms with Gasteiger partial charge in [-0.3, -0.25) is 4.79 Å². The van der Waals surface area contributed by atoms with Crippen molar-refractivity contribution in [3.63, 3.8) is 0 Å². The smallest absolute Gasteiger partial charge is 0.245 e. The fourth-order valence-corrected chi connectivity index (χ4v) is 2.71. The molecule has 2 aromatic rings. The highest BCUT2D eigenvalue weighted by atomic mass is 16.5. The molecule has 0 aliphatic carbocycles. The highest BCUT2D eigenvalue weighted by Gasteiger charge is 2.25. The molecule has 27 heavy (non-hydrogen) atoms. The van der Waals surface area contributed by atoms with Crippen LogP contribution in [0.15, 0.2) is 30.5 Å². The number of amides is 1. The van der Waals surface area contributed by atoms with Gasteiger partial charge in [0.1, 0.15) is 11.7 Å². The van der Waals surface area contributed by atoms with Gasteiger partial charge in [-0.2, -0.15) is 0 Å². The van der Waals surface area contributed by atoms with Gasteiger partial charge in [0, 0.05) is 18.7 Å². The molecule has 7 heteroatoms. The van der Waals surface area contributed by atoms with Crippen molar-refractivity contribution in [3.8, 4) is 11.3 Å². The van der Waals surface area contributed by atoms with Gasteiger partial charge in [-0.15, -0.1) is 5.10 Å². The van der Waals surface area contributed by atoms with Gasteiger partial charge in [0.05, 0.1) is 26.0 Å². The summed E-state index contributed by atoms with van der Waals surface area (Å²) in [5.41, 5.74) is 2.93. The molecule has 0 spiro atoms. The maximum Gasteiger partial charge on any atom is 0.245 e. The quantitative estimate of drug-likeness (QED) is 0.612. The molecule has 7 nitrogen and oxygen atoms in total. The van der Waals surface area contributed by atoms with E-state index in [2.05, 4.69) is 15.6 Å². The van der Waals surface area contributed by atoms with Crippen LogP contribution >= 0.6 is 0 Å². The topological polar surface area (TPSA) is 78.3 Å². The molecule has 0 aliphatic rings. The Labute approximate surface area is 161 Å². The molecule has 0 unspecified atom stereocenters. The number of aryl methyl sites for hydroxylation is 1. The van der Waals surface area contributed by atoms with Crippen LogP contribution in [0.25, 0.3) is 11.3 Å². The van der Waals surface area contributed by atoms with E-state index in [0.717, 1.165) is 11.3 Å². The van der Waals surface area contributed by atoms with E-state index in [9.17, 15) is 4.79 Å². The van der Waals surface area contributed by atoms with Crippen molar-refractivity contribution in [2.45, 2.75) is 33.7 Å². The van der Waals surface area contributed by atoms with Crippen molar-refractivity contribution < 1.29 is 14.3 Å². The number of rotatable bonds is 11. The standard InChI is InChI=1S/C20H30N4O3/c1-5-26-12-13-27-11-10-21-20(25)19(15(2)3)24-14-18(22-23-24)17-8-6-16(4)7-9-17/h6-9,14-15,19H,5,10-13H2,1-4H3,(H,21,25)/t19-/m0/s1. The van der Waals surface area contributed by atoms with E-state index >= 15 is 0 Å². The first kappa shape index (κ1) is 21.1. The Hall–Kier alpha value is -2.25. The summed E-state index contributed by atoms with van der Waals surface area (Å²) in [6.45, 7) is 10.7. The second kappa shape index (κ2) is 10.8. The van der Waals surface area contributed by atoms with Crippen LogP contribution in [0.2, 0.25) is 0 Å². The Balaban J connectivity index is 1.92. The van der Waals surface area contributed by atoms with Crippen molar-refractivity contribution in [1.82, 2.24) is 20.3 Å². The zero-order valence-corrected chi connectivity index (χ0v) is 16.6. The summed E-state index contributed by atoms with van der Waals surface area (Å²) >= 11 is 0. The first-order valence-corrected chi connectivity index (χ1v) is 9.45. The molecule has 148 valence electrons. The number of carbonyl (C=O) groups excluding carboxylic acids is 1. The number of hydrogen-bond acceptors (Lipinski definition) is 5. The van der Waals surface area contributed by atoms with Crippen molar-refractivity contribution in [2.24, 2.45) is 5.92 Å². The Bertz CT molecular complexity index is 698. The molecule has 1 atom stereocenters. The molecular formula is C20H30N4O3. The van der Waals surface area contributed by atoms with Gasteiger partial charge >= 0.3 is 0 Å². The highest BCUT2D eigenvalue weighted by molar-refractivity contribution is 5.80. The third-order valence-electron chi connectivity index (χ3n) is 4.16. The average Bonchev–Trinajstić information content (AvgIpc) is 3.11. The summed E-state index contributed by atoms with van der Waals surface area (Å²) in [5.74, 6) is -0.00444. The molecule has 2 rings (SSSR count). The maximum atomic E-state index is 12.6. The summed E-state index contributed by atoms with van der Waals surface area (Å²) in [6.07, 6.45) is 1.83. The first-order valence-electron chi connectivity index (χ1n) is 9.45. The number of aromatic nitrogens is 3. The summed E-state index contributed by atoms with van der Waals surface area (Å²) in [5, 5.41) is 11.3. The fourth-order valence-electron chi connectivity index (χ4n) is 2.71. The lowest BCUT2D eigenvalue weighted by atomic mass is 10.0. The number of benzene rings is 1. The van der Waals surface area contributed by atoms with Crippen LogP contribution in [0.3, 0.4) is 0 Å². The van der Waals surface area contributed by atoms with Crippen molar-refractivity contribution in [2.75, 3.05) is 33.0 Å². The molecule has 1 amide bonds. The number of ether oxygens (including phenoxy) is 2. The minimum Gasteiger partial charge on any atom is -0.379 e. The molecular weight excluding hydrogens is 344 g/mol. The third kappa shape index (κ3) is 6.45. The van der Waals surface area contributed by atoms with Gasteiger partial charge in [0.2, 0.25) is 5.91 Å². The lowest BCUT2D eigenvalue weighted by Gasteiger charge is -2.20. The molecule has 0 saturated carbocycles. The lowest BCUT2D eigenvalue weighted by molar-refractivity contribution is -0.126. The van der Waals surface area contributed by atoms with Crippen LogP contribution in [-0.2, 0) is 14.3 Å². The second-order valence-electron chi connectivity index (χ2n) is 6.74. The number of hydrogen-bond donors (Lipinski definition) is 1. The molecule has 0 saturated heterocycles. The number of nitrogens with one attached hydrogen (secondary N) is 1. The van der Waals surface area contributed by atoms with Crippen molar-refractivity contribution in [3.05, 3.63) is 36.0 Å². The molecule has 1 aromatic carbocycles. The summed E-state index contributed by atoms with van der Waals surface area (Å²) in [6, 6.07) is 7.67. The van der Waals surface area contributed by atoms with Crippen LogP contribution in [0.5, 0.6) is 0 Å². The van der Waals surface area contributed by atoms with E-state index in [0.29, 0.717) is 33.0 Å². The summed E-state index contributed by atoms with van der Waals surface area (Å²) in [4.78, 5) is 12.6. The predicted molar refractivity (Wildman–Crippen MR) is 104 cm³/mol. The molecule has 0 aliphatic heterocycles. The van der Waals surface area contributed by atoms with Gasteiger partial charge in [0.15, 0.2) is 0 Å². The van der Waals surface area contributed by atoms with E-state index < -0.39 is 6.04 Å². The predicted octanol–water partition coefficient (Wildman–Crippen LogP) is 2.62. The van der Waals surface area contributed by atoms with Crippen LogP contribution in [0.1, 0.15) is 32.4 Å². The molecule has 1 N–H and O–H groups in total. The van der Waals surface area contributed by atoms with Crippen LogP contribution in [0, 0.1) is 12.8 Å². The Morgan fingerprint density at radius 2 is 1.85 bits per heavy atom. The van der Waals surface area contributed by atoms with E-state index in [1.807, 2.05) is 58.2 Å². The van der Waals surface area contributed by atoms with E-state index in [1.54, 1.807) is 4.68 Å². The zero-order chi connectivity index (χ0) is 19.6. The minimum absolute atomic E-state index is 0.0800. The van der Waals surface area contributed by atoms with E-state index in [-0.39, 0.29) is 11.8 Å². The second-order valence-corrected chi connectivity index (χ2v) is 6.74. The van der Waals surface area contributed by atoms with Gasteiger partial charge in [0.25, 0.3) is 0 Å². The Morgan fingerprint density at radius 1 is 1.15 bits per heavy atom. The van der Waals surface area contributed by atoms with E-state index in [4.69, 9.17) is 9.47 Å². The van der Waals surface area contributed by atoms with Crippen molar-refractivity contribution in [1.29, 1.82) is 0 Å². The molecule has 1 aromatic heterocycles. The Morgan fingerprint density at radius 3 is 2.52 bits per heavy atom. The monoisotopic (exact) mass is 374 g/mol. The molecule has 0 fully saturated rings. The summed E-state index contributed by atoms with van der Waals surface area (Å²) in [7, 11) is 0. The highest BCUT2D eigenvalue weighted by Crippen LogP contribution is 2.21. The zero-order valence-electron chi connectivity index (χ0n) is 16.6. The van der Waals surface area contributed by atoms with Gasteiger partial charge < -0.3 is 14.8 Å². The number of nitrogens with zero attached hydrogens (tertiary/aromatic N) is 3. The summed E-state index contributed by atoms with van der Waals surface area (Å²) < 4.78 is 12.3. The Kier molecular flexibility index (Phi) is 8.42. The fraction of sp³-hybridized carbons (Fsp3) is 0.550. The van der Waals surface area contributed by atoms with Crippen LogP contribution in [-0.4, -0.2) is 53.9 Å². The first-order chi connectivity index (χ1) is 13.0. The SMILES string of the molecule is CCOCCOCCNC(=O)[C@H](C(C)C)n1cc(-c2ccc(C)cc2)nn1. The van der Waals surface area contributed by atoms with Gasteiger partial charge in [-0.05, 0) is 19.8 Å². The largest absolute Gasteiger partial charge is 0.379 e. The lowest BCUT2D eigenvalue weighted by Crippen LogP contribution is -2.37. The average molecular weight is 374 g/mol. The van der Waals surface area contributed by atoms with Crippen LogP contribution < -0.4 is 5.32 Å². The third-order valence-corrected chi connectivity index (χ3v) is 4.16. The van der Waals surface area contributed by atoms with Crippen molar-refractivity contribution >= 4 is 5.91 Å².